The van der Waals surface area contributed by atoms with Gasteiger partial charge in [-0.2, -0.15) is 0 Å². The molecule has 0 spiro atoms. The number of ketones is 1. The van der Waals surface area contributed by atoms with Crippen LogP contribution in [0.25, 0.3) is 0 Å². The smallest absolute Gasteiger partial charge is 0.328 e. The highest BCUT2D eigenvalue weighted by Crippen LogP contribution is 2.14. The van der Waals surface area contributed by atoms with Gasteiger partial charge in [0.05, 0.1) is 6.61 Å². The molecule has 124 valence electrons. The molecule has 0 fully saturated rings. The summed E-state index contributed by atoms with van der Waals surface area (Å²) in [6.07, 6.45) is 1.12. The lowest BCUT2D eigenvalue weighted by molar-refractivity contribution is -0.134. The number of aliphatic hydroxyl groups is 1. The van der Waals surface area contributed by atoms with Crippen LogP contribution in [0.15, 0.2) is 66.7 Å². The van der Waals surface area contributed by atoms with E-state index in [9.17, 15) is 14.4 Å². The van der Waals surface area contributed by atoms with Gasteiger partial charge in [0.15, 0.2) is 5.78 Å². The number of carbonyl (C=O) groups excluding carboxylic acids is 1. The second kappa shape index (κ2) is 9.70. The van der Waals surface area contributed by atoms with Crippen molar-refractivity contribution in [2.75, 3.05) is 0 Å². The van der Waals surface area contributed by atoms with Gasteiger partial charge in [0.2, 0.25) is 0 Å². The van der Waals surface area contributed by atoms with Crippen molar-refractivity contribution in [3.63, 3.8) is 0 Å². The van der Waals surface area contributed by atoms with Gasteiger partial charge >= 0.3 is 11.9 Å². The third-order valence-electron chi connectivity index (χ3n) is 2.84. The summed E-state index contributed by atoms with van der Waals surface area (Å²) in [6.45, 7) is -0.116. The van der Waals surface area contributed by atoms with Gasteiger partial charge in [0, 0.05) is 23.3 Å². The number of aliphatic hydroxyl groups excluding tert-OH is 1. The Labute approximate surface area is 138 Å². The molecule has 0 saturated heterocycles. The number of carboxylic acids is 2. The zero-order valence-electron chi connectivity index (χ0n) is 12.6. The minimum atomic E-state index is -1.26. The summed E-state index contributed by atoms with van der Waals surface area (Å²) in [6, 6.07) is 16.2. The van der Waals surface area contributed by atoms with Crippen LogP contribution >= 0.6 is 0 Å². The molecule has 6 heteroatoms. The SMILES string of the molecule is O=C(O)C=CC(=O)O.O=C(c1ccccc1)c1ccccc1CO. The van der Waals surface area contributed by atoms with Crippen molar-refractivity contribution in [2.24, 2.45) is 0 Å². The van der Waals surface area contributed by atoms with Crippen molar-refractivity contribution in [3.05, 3.63) is 83.4 Å². The average molecular weight is 328 g/mol. The summed E-state index contributed by atoms with van der Waals surface area (Å²) in [5.74, 6) is -2.56. The molecule has 0 aliphatic carbocycles. The minimum absolute atomic E-state index is 0.0507. The molecule has 0 saturated carbocycles. The first kappa shape index (κ1) is 18.8. The normalized spacial score (nSPS) is 9.88. The Bertz CT molecular complexity index is 718. The van der Waals surface area contributed by atoms with E-state index in [2.05, 4.69) is 0 Å². The molecule has 24 heavy (non-hydrogen) atoms. The molecular weight excluding hydrogens is 312 g/mol. The Morgan fingerprint density at radius 2 is 1.29 bits per heavy atom. The second-order valence-corrected chi connectivity index (χ2v) is 4.52. The Kier molecular flexibility index (Phi) is 7.60. The number of carbonyl (C=O) groups is 3. The van der Waals surface area contributed by atoms with Crippen LogP contribution in [0.3, 0.4) is 0 Å². The molecule has 2 aromatic rings. The van der Waals surface area contributed by atoms with E-state index in [0.717, 1.165) is 0 Å². The maximum atomic E-state index is 12.1. The Hall–Kier alpha value is -3.25. The first-order chi connectivity index (χ1) is 11.5. The van der Waals surface area contributed by atoms with Gasteiger partial charge < -0.3 is 15.3 Å². The molecule has 0 aliphatic rings. The molecule has 0 aliphatic heterocycles. The fraction of sp³-hybridized carbons (Fsp3) is 0.0556. The van der Waals surface area contributed by atoms with Crippen molar-refractivity contribution >= 4 is 17.7 Å². The lowest BCUT2D eigenvalue weighted by atomic mass is 9.99. The number of hydrogen-bond acceptors (Lipinski definition) is 4. The summed E-state index contributed by atoms with van der Waals surface area (Å²) in [5, 5.41) is 24.8. The molecule has 0 aromatic heterocycles. The number of aliphatic carboxylic acids is 2. The van der Waals surface area contributed by atoms with Crippen LogP contribution in [0, 0.1) is 0 Å². The molecule has 2 rings (SSSR count). The Morgan fingerprint density at radius 3 is 1.79 bits per heavy atom. The molecule has 2 aromatic carbocycles. The van der Waals surface area contributed by atoms with Crippen molar-refractivity contribution in [1.29, 1.82) is 0 Å². The molecule has 0 heterocycles. The standard InChI is InChI=1S/C14H12O2.C4H4O4/c15-10-12-8-4-5-9-13(12)14(16)11-6-2-1-3-7-11;5-3(6)1-2-4(7)8/h1-9,15H,10H2;1-2H,(H,5,6)(H,7,8). The summed E-state index contributed by atoms with van der Waals surface area (Å²) in [7, 11) is 0. The summed E-state index contributed by atoms with van der Waals surface area (Å²) < 4.78 is 0. The second-order valence-electron chi connectivity index (χ2n) is 4.52. The van der Waals surface area contributed by atoms with Crippen LogP contribution in [0.1, 0.15) is 21.5 Å². The Balaban J connectivity index is 0.000000307. The lowest BCUT2D eigenvalue weighted by Crippen LogP contribution is -2.05. The van der Waals surface area contributed by atoms with Gasteiger partial charge in [-0.05, 0) is 5.56 Å². The van der Waals surface area contributed by atoms with Crippen LogP contribution in [0.4, 0.5) is 0 Å². The molecule has 3 N–H and O–H groups in total. The predicted octanol–water partition coefficient (Wildman–Crippen LogP) is 2.12. The van der Waals surface area contributed by atoms with Gasteiger partial charge in [0.25, 0.3) is 0 Å². The van der Waals surface area contributed by atoms with Crippen LogP contribution in [-0.2, 0) is 16.2 Å². The molecular formula is C18H16O6. The molecule has 6 nitrogen and oxygen atoms in total. The van der Waals surface area contributed by atoms with Crippen LogP contribution in [0.2, 0.25) is 0 Å². The predicted molar refractivity (Wildman–Crippen MR) is 86.7 cm³/mol. The van der Waals surface area contributed by atoms with Gasteiger partial charge in [-0.3, -0.25) is 4.79 Å². The quantitative estimate of drug-likeness (QED) is 0.572. The lowest BCUT2D eigenvalue weighted by Gasteiger charge is -2.05. The van der Waals surface area contributed by atoms with Gasteiger partial charge in [-0.15, -0.1) is 0 Å². The van der Waals surface area contributed by atoms with E-state index in [-0.39, 0.29) is 12.4 Å². The van der Waals surface area contributed by atoms with E-state index in [1.165, 1.54) is 0 Å². The third-order valence-corrected chi connectivity index (χ3v) is 2.84. The van der Waals surface area contributed by atoms with Gasteiger partial charge in [-0.25, -0.2) is 9.59 Å². The molecule has 0 atom stereocenters. The highest BCUT2D eigenvalue weighted by molar-refractivity contribution is 6.09. The van der Waals surface area contributed by atoms with Crippen LogP contribution < -0.4 is 0 Å². The third kappa shape index (κ3) is 6.25. The van der Waals surface area contributed by atoms with E-state index in [1.807, 2.05) is 24.3 Å². The van der Waals surface area contributed by atoms with Gasteiger partial charge in [-0.1, -0.05) is 54.6 Å². The van der Waals surface area contributed by atoms with E-state index >= 15 is 0 Å². The zero-order valence-corrected chi connectivity index (χ0v) is 12.6. The van der Waals surface area contributed by atoms with Gasteiger partial charge in [0.1, 0.15) is 0 Å². The van der Waals surface area contributed by atoms with Crippen molar-refractivity contribution in [3.8, 4) is 0 Å². The van der Waals surface area contributed by atoms with Crippen molar-refractivity contribution in [1.82, 2.24) is 0 Å². The number of hydrogen-bond donors (Lipinski definition) is 3. The fourth-order valence-electron chi connectivity index (χ4n) is 1.77. The van der Waals surface area contributed by atoms with Crippen LogP contribution in [-0.4, -0.2) is 33.0 Å². The molecule has 0 unspecified atom stereocenters. The largest absolute Gasteiger partial charge is 0.478 e. The fourth-order valence-corrected chi connectivity index (χ4v) is 1.77. The first-order valence-corrected chi connectivity index (χ1v) is 6.88. The average Bonchev–Trinajstić information content (AvgIpc) is 2.60. The Morgan fingerprint density at radius 1 is 0.792 bits per heavy atom. The van der Waals surface area contributed by atoms with Crippen molar-refractivity contribution < 1.29 is 29.7 Å². The first-order valence-electron chi connectivity index (χ1n) is 6.88. The number of benzene rings is 2. The maximum Gasteiger partial charge on any atom is 0.328 e. The number of rotatable bonds is 5. The van der Waals surface area contributed by atoms with E-state index < -0.39 is 11.9 Å². The topological polar surface area (TPSA) is 112 Å². The van der Waals surface area contributed by atoms with E-state index in [0.29, 0.717) is 28.8 Å². The zero-order chi connectivity index (χ0) is 17.9. The summed E-state index contributed by atoms with van der Waals surface area (Å²) in [5.41, 5.74) is 1.87. The molecule has 0 amide bonds. The summed E-state index contributed by atoms with van der Waals surface area (Å²) in [4.78, 5) is 31.2. The van der Waals surface area contributed by atoms with E-state index in [1.54, 1.807) is 30.3 Å². The molecule has 0 bridgehead atoms. The maximum absolute atomic E-state index is 12.1. The minimum Gasteiger partial charge on any atom is -0.478 e. The highest BCUT2D eigenvalue weighted by Gasteiger charge is 2.11. The van der Waals surface area contributed by atoms with Crippen molar-refractivity contribution in [2.45, 2.75) is 6.61 Å². The summed E-state index contributed by atoms with van der Waals surface area (Å²) >= 11 is 0. The molecule has 0 radical (unpaired) electrons. The highest BCUT2D eigenvalue weighted by atomic mass is 16.4. The van der Waals surface area contributed by atoms with E-state index in [4.69, 9.17) is 15.3 Å². The number of carboxylic acid groups (broad SMARTS) is 2. The van der Waals surface area contributed by atoms with Crippen LogP contribution in [0.5, 0.6) is 0 Å². The monoisotopic (exact) mass is 328 g/mol.